The molecule has 28 heavy (non-hydrogen) atoms. The standard InChI is InChI=1S/C22H21N3O3/c1-28-19-8-4-7-17(13-19)20-9-10-22(27)25(24-20)14-21(26)23-18-11-15-5-2-3-6-16(15)12-18/h2-10,13,18H,11-12,14H2,1H3,(H,23,26). The van der Waals surface area contributed by atoms with E-state index in [-0.39, 0.29) is 24.1 Å². The van der Waals surface area contributed by atoms with E-state index in [9.17, 15) is 9.59 Å². The lowest BCUT2D eigenvalue weighted by atomic mass is 10.1. The number of nitrogens with one attached hydrogen (secondary N) is 1. The van der Waals surface area contributed by atoms with Gasteiger partial charge in [-0.3, -0.25) is 9.59 Å². The van der Waals surface area contributed by atoms with Gasteiger partial charge in [-0.2, -0.15) is 5.10 Å². The molecule has 1 N–H and O–H groups in total. The molecule has 6 heteroatoms. The van der Waals surface area contributed by atoms with Crippen LogP contribution >= 0.6 is 0 Å². The molecule has 4 rings (SSSR count). The average Bonchev–Trinajstić information content (AvgIpc) is 3.11. The number of hydrogen-bond acceptors (Lipinski definition) is 4. The average molecular weight is 375 g/mol. The highest BCUT2D eigenvalue weighted by atomic mass is 16.5. The zero-order chi connectivity index (χ0) is 19.5. The summed E-state index contributed by atoms with van der Waals surface area (Å²) in [4.78, 5) is 24.7. The van der Waals surface area contributed by atoms with Gasteiger partial charge in [-0.25, -0.2) is 4.68 Å². The normalized spacial score (nSPS) is 13.2. The largest absolute Gasteiger partial charge is 0.497 e. The third-order valence-corrected chi connectivity index (χ3v) is 4.94. The van der Waals surface area contributed by atoms with E-state index in [4.69, 9.17) is 4.74 Å². The Kier molecular flexibility index (Phi) is 4.93. The summed E-state index contributed by atoms with van der Waals surface area (Å²) in [6, 6.07) is 18.8. The molecule has 0 atom stereocenters. The highest BCUT2D eigenvalue weighted by Crippen LogP contribution is 2.22. The quantitative estimate of drug-likeness (QED) is 0.742. The number of carbonyl (C=O) groups is 1. The number of nitrogens with zero attached hydrogens (tertiary/aromatic N) is 2. The van der Waals surface area contributed by atoms with Crippen LogP contribution < -0.4 is 15.6 Å². The van der Waals surface area contributed by atoms with Crippen molar-refractivity contribution in [3.63, 3.8) is 0 Å². The zero-order valence-electron chi connectivity index (χ0n) is 15.6. The van der Waals surface area contributed by atoms with Gasteiger partial charge in [-0.15, -0.1) is 0 Å². The van der Waals surface area contributed by atoms with Gasteiger partial charge >= 0.3 is 0 Å². The molecule has 0 radical (unpaired) electrons. The Morgan fingerprint density at radius 1 is 1.11 bits per heavy atom. The summed E-state index contributed by atoms with van der Waals surface area (Å²) in [5.74, 6) is 0.491. The van der Waals surface area contributed by atoms with Gasteiger partial charge in [0.25, 0.3) is 5.56 Å². The maximum Gasteiger partial charge on any atom is 0.267 e. The number of hydrogen-bond donors (Lipinski definition) is 1. The Morgan fingerprint density at radius 2 is 1.86 bits per heavy atom. The summed E-state index contributed by atoms with van der Waals surface area (Å²) in [7, 11) is 1.60. The van der Waals surface area contributed by atoms with Crippen LogP contribution in [-0.4, -0.2) is 28.8 Å². The van der Waals surface area contributed by atoms with E-state index in [0.717, 1.165) is 18.4 Å². The summed E-state index contributed by atoms with van der Waals surface area (Å²) in [6.45, 7) is -0.108. The van der Waals surface area contributed by atoms with Crippen molar-refractivity contribution in [2.24, 2.45) is 0 Å². The molecule has 1 aromatic heterocycles. The fourth-order valence-electron chi connectivity index (χ4n) is 3.57. The van der Waals surface area contributed by atoms with Gasteiger partial charge < -0.3 is 10.1 Å². The molecule has 142 valence electrons. The van der Waals surface area contributed by atoms with Gasteiger partial charge in [0.2, 0.25) is 5.91 Å². The van der Waals surface area contributed by atoms with Gasteiger partial charge in [0.1, 0.15) is 12.3 Å². The van der Waals surface area contributed by atoms with E-state index in [1.807, 2.05) is 36.4 Å². The molecule has 2 aromatic carbocycles. The number of amides is 1. The molecule has 1 amide bonds. The third-order valence-electron chi connectivity index (χ3n) is 4.94. The minimum atomic E-state index is -0.309. The fourth-order valence-corrected chi connectivity index (χ4v) is 3.57. The van der Waals surface area contributed by atoms with Crippen molar-refractivity contribution in [3.05, 3.63) is 82.1 Å². The summed E-state index contributed by atoms with van der Waals surface area (Å²) in [5.41, 5.74) is 3.65. The molecule has 0 aliphatic heterocycles. The van der Waals surface area contributed by atoms with Crippen LogP contribution in [-0.2, 0) is 24.2 Å². The SMILES string of the molecule is COc1cccc(-c2ccc(=O)n(CC(=O)NC3Cc4ccccc4C3)n2)c1. The lowest BCUT2D eigenvalue weighted by Gasteiger charge is -2.13. The third kappa shape index (κ3) is 3.81. The summed E-state index contributed by atoms with van der Waals surface area (Å²) in [5, 5.41) is 7.38. The van der Waals surface area contributed by atoms with Gasteiger partial charge in [0, 0.05) is 17.7 Å². The first-order chi connectivity index (χ1) is 13.6. The monoisotopic (exact) mass is 375 g/mol. The lowest BCUT2D eigenvalue weighted by Crippen LogP contribution is -2.39. The van der Waals surface area contributed by atoms with Crippen LogP contribution in [0.1, 0.15) is 11.1 Å². The van der Waals surface area contributed by atoms with Crippen molar-refractivity contribution in [1.29, 1.82) is 0 Å². The fraction of sp³-hybridized carbons (Fsp3) is 0.227. The van der Waals surface area contributed by atoms with Crippen LogP contribution in [0, 0.1) is 0 Å². The maximum atomic E-state index is 12.5. The van der Waals surface area contributed by atoms with Crippen LogP contribution in [0.2, 0.25) is 0 Å². The number of ether oxygens (including phenoxy) is 1. The van der Waals surface area contributed by atoms with Crippen LogP contribution in [0.15, 0.2) is 65.5 Å². The number of fused-ring (bicyclic) bond motifs is 1. The van der Waals surface area contributed by atoms with Crippen LogP contribution in [0.3, 0.4) is 0 Å². The molecule has 3 aromatic rings. The van der Waals surface area contributed by atoms with Gasteiger partial charge in [-0.05, 0) is 42.2 Å². The first kappa shape index (κ1) is 18.0. The van der Waals surface area contributed by atoms with Gasteiger partial charge in [0.15, 0.2) is 0 Å². The highest BCUT2D eigenvalue weighted by Gasteiger charge is 2.22. The Morgan fingerprint density at radius 3 is 2.57 bits per heavy atom. The summed E-state index contributed by atoms with van der Waals surface area (Å²) >= 11 is 0. The predicted octanol–water partition coefficient (Wildman–Crippen LogP) is 2.20. The van der Waals surface area contributed by atoms with E-state index < -0.39 is 0 Å². The molecule has 0 saturated heterocycles. The molecule has 1 heterocycles. The molecule has 0 spiro atoms. The van der Waals surface area contributed by atoms with E-state index in [1.165, 1.54) is 21.9 Å². The molecule has 1 aliphatic carbocycles. The van der Waals surface area contributed by atoms with Crippen LogP contribution in [0.4, 0.5) is 0 Å². The smallest absolute Gasteiger partial charge is 0.267 e. The first-order valence-electron chi connectivity index (χ1n) is 9.21. The number of benzene rings is 2. The second-order valence-electron chi connectivity index (χ2n) is 6.89. The van der Waals surface area contributed by atoms with Crippen molar-refractivity contribution >= 4 is 5.91 Å². The van der Waals surface area contributed by atoms with E-state index in [1.54, 1.807) is 13.2 Å². The molecule has 0 bridgehead atoms. The zero-order valence-corrected chi connectivity index (χ0v) is 15.6. The van der Waals surface area contributed by atoms with E-state index in [0.29, 0.717) is 11.4 Å². The second-order valence-corrected chi connectivity index (χ2v) is 6.89. The van der Waals surface area contributed by atoms with Gasteiger partial charge in [0.05, 0.1) is 12.8 Å². The molecule has 0 saturated carbocycles. The number of methoxy groups -OCH3 is 1. The molecular weight excluding hydrogens is 354 g/mol. The number of aromatic nitrogens is 2. The molecule has 0 unspecified atom stereocenters. The van der Waals surface area contributed by atoms with Crippen LogP contribution in [0.5, 0.6) is 5.75 Å². The van der Waals surface area contributed by atoms with Crippen molar-refractivity contribution < 1.29 is 9.53 Å². The molecule has 0 fully saturated rings. The van der Waals surface area contributed by atoms with Crippen molar-refractivity contribution in [2.75, 3.05) is 7.11 Å². The van der Waals surface area contributed by atoms with Gasteiger partial charge in [-0.1, -0.05) is 36.4 Å². The Hall–Kier alpha value is -3.41. The highest BCUT2D eigenvalue weighted by molar-refractivity contribution is 5.76. The number of rotatable bonds is 5. The molecule has 6 nitrogen and oxygen atoms in total. The second kappa shape index (κ2) is 7.68. The molecule has 1 aliphatic rings. The van der Waals surface area contributed by atoms with Crippen LogP contribution in [0.25, 0.3) is 11.3 Å². The Balaban J connectivity index is 1.47. The molecular formula is C22H21N3O3. The van der Waals surface area contributed by atoms with E-state index in [2.05, 4.69) is 22.5 Å². The summed E-state index contributed by atoms with van der Waals surface area (Å²) < 4.78 is 6.44. The van der Waals surface area contributed by atoms with Crippen molar-refractivity contribution in [3.8, 4) is 17.0 Å². The van der Waals surface area contributed by atoms with E-state index >= 15 is 0 Å². The minimum Gasteiger partial charge on any atom is -0.497 e. The Labute approximate surface area is 162 Å². The van der Waals surface area contributed by atoms with Crippen molar-refractivity contribution in [1.82, 2.24) is 15.1 Å². The summed E-state index contributed by atoms with van der Waals surface area (Å²) in [6.07, 6.45) is 1.63. The minimum absolute atomic E-state index is 0.0576. The lowest BCUT2D eigenvalue weighted by molar-refractivity contribution is -0.122. The first-order valence-corrected chi connectivity index (χ1v) is 9.21. The predicted molar refractivity (Wildman–Crippen MR) is 106 cm³/mol. The van der Waals surface area contributed by atoms with Crippen molar-refractivity contribution in [2.45, 2.75) is 25.4 Å². The Bertz CT molecular complexity index is 1050. The number of carbonyl (C=O) groups excluding carboxylic acids is 1. The maximum absolute atomic E-state index is 12.5. The topological polar surface area (TPSA) is 73.2 Å².